The van der Waals surface area contributed by atoms with Gasteiger partial charge in [0, 0.05) is 61.8 Å². The summed E-state index contributed by atoms with van der Waals surface area (Å²) in [5.74, 6) is 0.794. The van der Waals surface area contributed by atoms with Gasteiger partial charge in [-0.3, -0.25) is 9.89 Å². The minimum Gasteiger partial charge on any atom is -0.395 e. The molecule has 0 fully saturated rings. The monoisotopic (exact) mass is 833 g/mol. The van der Waals surface area contributed by atoms with Crippen LogP contribution in [0.3, 0.4) is 0 Å². The summed E-state index contributed by atoms with van der Waals surface area (Å²) >= 11 is 0. The molecule has 2 aromatic carbocycles. The van der Waals surface area contributed by atoms with Crippen molar-refractivity contribution in [3.8, 4) is 11.3 Å². The molecule has 0 spiro atoms. The van der Waals surface area contributed by atoms with Crippen molar-refractivity contribution in [3.63, 3.8) is 0 Å². The minimum absolute atomic E-state index is 0.233. The van der Waals surface area contributed by atoms with Crippen LogP contribution in [-0.2, 0) is 25.9 Å². The quantitative estimate of drug-likeness (QED) is 0.0367. The van der Waals surface area contributed by atoms with Crippen LogP contribution in [0.25, 0.3) is 11.3 Å². The summed E-state index contributed by atoms with van der Waals surface area (Å²) in [5, 5.41) is 26.2. The van der Waals surface area contributed by atoms with Gasteiger partial charge >= 0.3 is 0 Å². The molecule has 9 nitrogen and oxygen atoms in total. The van der Waals surface area contributed by atoms with Gasteiger partial charge in [-0.25, -0.2) is 4.68 Å². The van der Waals surface area contributed by atoms with Crippen molar-refractivity contribution in [2.45, 2.75) is 162 Å². The Kier molecular flexibility index (Phi) is 20.8. The first-order valence-electron chi connectivity index (χ1n) is 24.1. The Morgan fingerprint density at radius 3 is 2.07 bits per heavy atom. The number of aliphatic hydroxyl groups excluding tert-OH is 1. The molecule has 2 aliphatic rings. The van der Waals surface area contributed by atoms with E-state index in [1.165, 1.54) is 144 Å². The molecule has 0 radical (unpaired) electrons. The number of anilines is 1. The highest BCUT2D eigenvalue weighted by atomic mass is 16.3. The van der Waals surface area contributed by atoms with Crippen molar-refractivity contribution in [3.05, 3.63) is 89.3 Å². The van der Waals surface area contributed by atoms with Gasteiger partial charge in [-0.05, 0) is 80.6 Å². The molecule has 334 valence electrons. The second-order valence-corrected chi connectivity index (χ2v) is 17.9. The molecule has 0 aliphatic carbocycles. The van der Waals surface area contributed by atoms with Gasteiger partial charge in [0.25, 0.3) is 0 Å². The van der Waals surface area contributed by atoms with Gasteiger partial charge in [0.05, 0.1) is 24.4 Å². The standard InChI is InChI=1S/C52H80N8O/c1-5-55-52-50(43(4)54)51(47-28-27-46-36-41(2)56-49(46)38-47)57-60(52)39-44-25-26-48-40-59(32-29-45(48)37-44)42(3)24-22-20-18-16-14-12-10-8-6-7-9-11-13-15-17-19-21-23-31-58(33-30-53)34-35-61/h5,25-28,37-38,54-55,61H,1,3,6-24,29-36,39-40,53H2,2,4H3. The summed E-state index contributed by atoms with van der Waals surface area (Å²) in [7, 11) is 0. The van der Waals surface area contributed by atoms with Gasteiger partial charge in [0.15, 0.2) is 0 Å². The van der Waals surface area contributed by atoms with Crippen LogP contribution in [0.15, 0.2) is 66.4 Å². The zero-order valence-electron chi connectivity index (χ0n) is 38.2. The maximum absolute atomic E-state index is 9.16. The molecule has 0 atom stereocenters. The number of aromatic nitrogens is 2. The summed E-state index contributed by atoms with van der Waals surface area (Å²) in [5.41, 5.74) is 17.4. The molecule has 0 saturated heterocycles. The molecule has 2 aliphatic heterocycles. The molecule has 5 rings (SSSR count). The van der Waals surface area contributed by atoms with E-state index in [0.29, 0.717) is 18.8 Å². The number of hydrogen-bond donors (Lipinski definition) is 4. The van der Waals surface area contributed by atoms with Crippen LogP contribution in [0.1, 0.15) is 164 Å². The van der Waals surface area contributed by atoms with E-state index in [1.54, 1.807) is 6.20 Å². The molecule has 61 heavy (non-hydrogen) atoms. The van der Waals surface area contributed by atoms with E-state index in [1.807, 2.05) is 11.6 Å². The van der Waals surface area contributed by atoms with Crippen LogP contribution in [0, 0.1) is 5.41 Å². The number of fused-ring (bicyclic) bond motifs is 2. The molecule has 1 aromatic heterocycles. The highest BCUT2D eigenvalue weighted by Crippen LogP contribution is 2.36. The number of unbranched alkanes of at least 4 members (excludes halogenated alkanes) is 17. The fourth-order valence-electron chi connectivity index (χ4n) is 9.32. The highest BCUT2D eigenvalue weighted by molar-refractivity contribution is 6.06. The number of nitrogens with one attached hydrogen (secondary N) is 2. The van der Waals surface area contributed by atoms with Gasteiger partial charge in [-0.2, -0.15) is 5.10 Å². The average molecular weight is 833 g/mol. The second kappa shape index (κ2) is 26.4. The van der Waals surface area contributed by atoms with Crippen LogP contribution in [0.5, 0.6) is 0 Å². The lowest BCUT2D eigenvalue weighted by molar-refractivity contribution is 0.196. The van der Waals surface area contributed by atoms with E-state index in [0.717, 1.165) is 86.0 Å². The Balaban J connectivity index is 0.915. The van der Waals surface area contributed by atoms with Crippen molar-refractivity contribution in [2.24, 2.45) is 10.7 Å². The second-order valence-electron chi connectivity index (χ2n) is 17.9. The van der Waals surface area contributed by atoms with Crippen molar-refractivity contribution in [1.82, 2.24) is 19.6 Å². The Morgan fingerprint density at radius 1 is 0.836 bits per heavy atom. The van der Waals surface area contributed by atoms with Crippen LogP contribution in [0.4, 0.5) is 11.5 Å². The lowest BCUT2D eigenvalue weighted by atomic mass is 9.96. The Morgan fingerprint density at radius 2 is 1.46 bits per heavy atom. The Labute approximate surface area is 369 Å². The third kappa shape index (κ3) is 15.4. The summed E-state index contributed by atoms with van der Waals surface area (Å²) in [6.07, 6.45) is 29.2. The number of nitrogens with two attached hydrogens (primary N) is 1. The predicted octanol–water partition coefficient (Wildman–Crippen LogP) is 11.7. The maximum Gasteiger partial charge on any atom is 0.138 e. The molecular formula is C52H80N8O. The smallest absolute Gasteiger partial charge is 0.138 e. The van der Waals surface area contributed by atoms with E-state index in [2.05, 4.69) is 71.6 Å². The number of nitrogens with zero attached hydrogens (tertiary/aromatic N) is 5. The summed E-state index contributed by atoms with van der Waals surface area (Å²) < 4.78 is 1.99. The third-order valence-corrected chi connectivity index (χ3v) is 12.8. The highest BCUT2D eigenvalue weighted by Gasteiger charge is 2.23. The Bertz CT molecular complexity index is 1850. The zero-order chi connectivity index (χ0) is 43.2. The van der Waals surface area contributed by atoms with Gasteiger partial charge in [-0.15, -0.1) is 0 Å². The van der Waals surface area contributed by atoms with E-state index < -0.39 is 0 Å². The van der Waals surface area contributed by atoms with Gasteiger partial charge < -0.3 is 26.5 Å². The molecule has 3 aromatic rings. The molecule has 5 N–H and O–H groups in total. The number of benzene rings is 2. The van der Waals surface area contributed by atoms with Gasteiger partial charge in [-0.1, -0.05) is 146 Å². The van der Waals surface area contributed by atoms with Crippen molar-refractivity contribution >= 4 is 22.9 Å². The first kappa shape index (κ1) is 48.0. The number of allylic oxidation sites excluding steroid dienone is 1. The van der Waals surface area contributed by atoms with Crippen LogP contribution in [0.2, 0.25) is 0 Å². The van der Waals surface area contributed by atoms with Crippen LogP contribution in [-0.4, -0.2) is 75.4 Å². The normalized spacial score (nSPS) is 13.4. The molecule has 9 heteroatoms. The van der Waals surface area contributed by atoms with E-state index in [9.17, 15) is 0 Å². The maximum atomic E-state index is 9.16. The molecule has 3 heterocycles. The third-order valence-electron chi connectivity index (χ3n) is 12.8. The van der Waals surface area contributed by atoms with Crippen LogP contribution < -0.4 is 11.1 Å². The lowest BCUT2D eigenvalue weighted by Crippen LogP contribution is -2.32. The number of aliphatic hydroxyl groups is 1. The summed E-state index contributed by atoms with van der Waals surface area (Å²) in [6, 6.07) is 13.3. The summed E-state index contributed by atoms with van der Waals surface area (Å²) in [4.78, 5) is 9.53. The van der Waals surface area contributed by atoms with Crippen LogP contribution >= 0.6 is 0 Å². The van der Waals surface area contributed by atoms with E-state index >= 15 is 0 Å². The number of hydrogen-bond acceptors (Lipinski definition) is 8. The lowest BCUT2D eigenvalue weighted by Gasteiger charge is -2.32. The molecule has 0 amide bonds. The largest absolute Gasteiger partial charge is 0.395 e. The molecule has 0 saturated carbocycles. The first-order valence-corrected chi connectivity index (χ1v) is 24.1. The zero-order valence-corrected chi connectivity index (χ0v) is 38.2. The Hall–Kier alpha value is -4.05. The first-order chi connectivity index (χ1) is 29.8. The van der Waals surface area contributed by atoms with E-state index in [-0.39, 0.29) is 6.61 Å². The van der Waals surface area contributed by atoms with Crippen molar-refractivity contribution in [1.29, 1.82) is 5.41 Å². The molecule has 0 bridgehead atoms. The van der Waals surface area contributed by atoms with Gasteiger partial charge in [0.1, 0.15) is 11.5 Å². The van der Waals surface area contributed by atoms with Crippen molar-refractivity contribution in [2.75, 3.05) is 44.6 Å². The fourth-order valence-corrected chi connectivity index (χ4v) is 9.32. The summed E-state index contributed by atoms with van der Waals surface area (Å²) in [6.45, 7) is 18.6. The minimum atomic E-state index is 0.233. The molecular weight excluding hydrogens is 753 g/mol. The topological polar surface area (TPSA) is 119 Å². The van der Waals surface area contributed by atoms with Crippen molar-refractivity contribution < 1.29 is 5.11 Å². The predicted molar refractivity (Wildman–Crippen MR) is 260 cm³/mol. The number of rotatable bonds is 32. The SMILES string of the molecule is C=CNc1c(C(C)=N)c(-c2ccc3c(c2)N=C(C)C3)nn1Cc1ccc2c(c1)CCN(C(=C)CCCCCCCCCCCCCCCCCCCCN(CCN)CCO)C2. The molecule has 0 unspecified atom stereocenters. The average Bonchev–Trinajstić information content (AvgIpc) is 3.81. The van der Waals surface area contributed by atoms with E-state index in [4.69, 9.17) is 26.3 Å². The van der Waals surface area contributed by atoms with Gasteiger partial charge in [0.2, 0.25) is 0 Å². The fraction of sp³-hybridized carbons (Fsp3) is 0.596. The number of aliphatic imine (C=N–C) groups is 1.